The minimum atomic E-state index is -1.28. The average molecular weight is 337 g/mol. The van der Waals surface area contributed by atoms with Crippen molar-refractivity contribution in [1.29, 1.82) is 0 Å². The molecule has 1 heterocycles. The summed E-state index contributed by atoms with van der Waals surface area (Å²) in [4.78, 5) is 23.7. The number of ether oxygens (including phenoxy) is 1. The third-order valence-corrected chi connectivity index (χ3v) is 3.04. The van der Waals surface area contributed by atoms with Gasteiger partial charge < -0.3 is 20.3 Å². The second-order valence-corrected chi connectivity index (χ2v) is 4.75. The first-order chi connectivity index (χ1) is 11.5. The molecule has 0 spiro atoms. The largest absolute Gasteiger partial charge is 0.504 e. The van der Waals surface area contributed by atoms with Crippen LogP contribution in [0.25, 0.3) is 5.69 Å². The molecule has 2 rings (SSSR count). The average Bonchev–Trinajstić information content (AvgIpc) is 2.94. The minimum Gasteiger partial charge on any atom is -0.504 e. The number of nitrogens with zero attached hydrogens (tertiary/aromatic N) is 2. The van der Waals surface area contributed by atoms with E-state index in [2.05, 4.69) is 10.4 Å². The van der Waals surface area contributed by atoms with Crippen LogP contribution in [-0.4, -0.2) is 51.1 Å². The number of esters is 1. The van der Waals surface area contributed by atoms with E-state index in [1.807, 2.05) is 0 Å². The zero-order chi connectivity index (χ0) is 17.7. The van der Waals surface area contributed by atoms with E-state index in [9.17, 15) is 19.1 Å². The van der Waals surface area contributed by atoms with E-state index < -0.39 is 36.1 Å². The van der Waals surface area contributed by atoms with Gasteiger partial charge in [0.05, 0.1) is 25.1 Å². The van der Waals surface area contributed by atoms with E-state index in [0.29, 0.717) is 5.69 Å². The molecule has 0 aliphatic carbocycles. The van der Waals surface area contributed by atoms with Gasteiger partial charge in [0, 0.05) is 0 Å². The Labute approximate surface area is 136 Å². The number of amides is 1. The number of carbonyl (C=O) groups is 2. The molecule has 0 saturated heterocycles. The van der Waals surface area contributed by atoms with Gasteiger partial charge in [0.2, 0.25) is 0 Å². The summed E-state index contributed by atoms with van der Waals surface area (Å²) in [7, 11) is 0. The SMILES string of the molecule is CCOC(=O)C(CO)NC(=O)c1nn(-c2cccc(F)c2)cc1O. The fourth-order valence-electron chi connectivity index (χ4n) is 1.93. The van der Waals surface area contributed by atoms with Gasteiger partial charge in [-0.05, 0) is 25.1 Å². The standard InChI is InChI=1S/C15H16FN3O5/c1-2-24-15(23)11(8-20)17-14(22)13-12(21)7-19(18-13)10-5-3-4-9(16)6-10/h3-7,11,20-21H,2,8H2,1H3,(H,17,22). The smallest absolute Gasteiger partial charge is 0.331 e. The molecular formula is C15H16FN3O5. The normalized spacial score (nSPS) is 11.8. The first-order valence-corrected chi connectivity index (χ1v) is 7.09. The number of aromatic hydroxyl groups is 1. The summed E-state index contributed by atoms with van der Waals surface area (Å²) in [5.74, 6) is -2.65. The van der Waals surface area contributed by atoms with Crippen molar-refractivity contribution in [2.24, 2.45) is 0 Å². The molecule has 3 N–H and O–H groups in total. The number of benzene rings is 1. The van der Waals surface area contributed by atoms with Gasteiger partial charge in [0.25, 0.3) is 5.91 Å². The monoisotopic (exact) mass is 337 g/mol. The zero-order valence-corrected chi connectivity index (χ0v) is 12.8. The zero-order valence-electron chi connectivity index (χ0n) is 12.8. The van der Waals surface area contributed by atoms with Crippen LogP contribution in [0.4, 0.5) is 4.39 Å². The molecule has 0 saturated carbocycles. The van der Waals surface area contributed by atoms with Crippen LogP contribution in [0.2, 0.25) is 0 Å². The molecule has 8 nitrogen and oxygen atoms in total. The summed E-state index contributed by atoms with van der Waals surface area (Å²) in [5.41, 5.74) is -0.0736. The Morgan fingerprint density at radius 1 is 1.46 bits per heavy atom. The van der Waals surface area contributed by atoms with Gasteiger partial charge in [-0.3, -0.25) is 4.79 Å². The Morgan fingerprint density at radius 2 is 2.21 bits per heavy atom. The lowest BCUT2D eigenvalue weighted by atomic mass is 10.3. The van der Waals surface area contributed by atoms with Crippen molar-refractivity contribution >= 4 is 11.9 Å². The Bertz CT molecular complexity index is 746. The van der Waals surface area contributed by atoms with Crippen molar-refractivity contribution in [3.63, 3.8) is 0 Å². The predicted molar refractivity (Wildman–Crippen MR) is 80.2 cm³/mol. The molecule has 0 aliphatic heterocycles. The maximum absolute atomic E-state index is 13.2. The molecular weight excluding hydrogens is 321 g/mol. The Kier molecular flexibility index (Phi) is 5.48. The lowest BCUT2D eigenvalue weighted by molar-refractivity contribution is -0.146. The molecule has 1 aromatic carbocycles. The van der Waals surface area contributed by atoms with Crippen LogP contribution in [0.15, 0.2) is 30.5 Å². The molecule has 9 heteroatoms. The Hall–Kier alpha value is -2.94. The minimum absolute atomic E-state index is 0.0879. The van der Waals surface area contributed by atoms with Crippen LogP contribution in [0.1, 0.15) is 17.4 Å². The summed E-state index contributed by atoms with van der Waals surface area (Å²) < 4.78 is 19.1. The topological polar surface area (TPSA) is 114 Å². The highest BCUT2D eigenvalue weighted by Gasteiger charge is 2.25. The summed E-state index contributed by atoms with van der Waals surface area (Å²) in [6.45, 7) is 1.00. The fraction of sp³-hybridized carbons (Fsp3) is 0.267. The third-order valence-electron chi connectivity index (χ3n) is 3.04. The summed E-state index contributed by atoms with van der Waals surface area (Å²) in [5, 5.41) is 25.1. The molecule has 24 heavy (non-hydrogen) atoms. The number of halogens is 1. The maximum Gasteiger partial charge on any atom is 0.331 e. The second-order valence-electron chi connectivity index (χ2n) is 4.75. The molecule has 1 amide bonds. The van der Waals surface area contributed by atoms with E-state index in [0.717, 1.165) is 10.9 Å². The molecule has 1 aromatic heterocycles. The van der Waals surface area contributed by atoms with Crippen molar-refractivity contribution in [2.75, 3.05) is 13.2 Å². The summed E-state index contributed by atoms with van der Waals surface area (Å²) in [6.07, 6.45) is 1.13. The molecule has 128 valence electrons. The Morgan fingerprint density at radius 3 is 2.83 bits per heavy atom. The van der Waals surface area contributed by atoms with Crippen molar-refractivity contribution < 1.29 is 28.9 Å². The van der Waals surface area contributed by atoms with E-state index in [1.165, 1.54) is 24.3 Å². The van der Waals surface area contributed by atoms with Gasteiger partial charge in [0.1, 0.15) is 5.82 Å². The number of aliphatic hydroxyl groups is 1. The number of hydrogen-bond donors (Lipinski definition) is 3. The number of rotatable bonds is 6. The lowest BCUT2D eigenvalue weighted by Crippen LogP contribution is -2.44. The molecule has 1 unspecified atom stereocenters. The highest BCUT2D eigenvalue weighted by atomic mass is 19.1. The van der Waals surface area contributed by atoms with Crippen LogP contribution >= 0.6 is 0 Å². The first-order valence-electron chi connectivity index (χ1n) is 7.09. The van der Waals surface area contributed by atoms with Crippen LogP contribution in [-0.2, 0) is 9.53 Å². The highest BCUT2D eigenvalue weighted by molar-refractivity contribution is 5.97. The number of nitrogens with one attached hydrogen (secondary N) is 1. The highest BCUT2D eigenvalue weighted by Crippen LogP contribution is 2.18. The van der Waals surface area contributed by atoms with Gasteiger partial charge in [-0.2, -0.15) is 5.10 Å². The van der Waals surface area contributed by atoms with Crippen LogP contribution < -0.4 is 5.32 Å². The molecule has 0 radical (unpaired) electrons. The van der Waals surface area contributed by atoms with Crippen LogP contribution in [0, 0.1) is 5.82 Å². The van der Waals surface area contributed by atoms with E-state index in [-0.39, 0.29) is 12.3 Å². The molecule has 0 bridgehead atoms. The summed E-state index contributed by atoms with van der Waals surface area (Å²) in [6, 6.07) is 4.11. The van der Waals surface area contributed by atoms with E-state index in [4.69, 9.17) is 9.84 Å². The van der Waals surface area contributed by atoms with Crippen LogP contribution in [0.5, 0.6) is 5.75 Å². The van der Waals surface area contributed by atoms with Gasteiger partial charge in [-0.15, -0.1) is 0 Å². The van der Waals surface area contributed by atoms with Crippen molar-refractivity contribution in [3.8, 4) is 11.4 Å². The van der Waals surface area contributed by atoms with Gasteiger partial charge in [-0.25, -0.2) is 13.9 Å². The van der Waals surface area contributed by atoms with Gasteiger partial charge in [-0.1, -0.05) is 6.07 Å². The summed E-state index contributed by atoms with van der Waals surface area (Å²) >= 11 is 0. The van der Waals surface area contributed by atoms with Crippen LogP contribution in [0.3, 0.4) is 0 Å². The molecule has 2 aromatic rings. The van der Waals surface area contributed by atoms with Gasteiger partial charge >= 0.3 is 5.97 Å². The van der Waals surface area contributed by atoms with Gasteiger partial charge in [0.15, 0.2) is 17.5 Å². The Balaban J connectivity index is 2.20. The van der Waals surface area contributed by atoms with Crippen molar-refractivity contribution in [2.45, 2.75) is 13.0 Å². The maximum atomic E-state index is 13.2. The third kappa shape index (κ3) is 3.87. The number of carbonyl (C=O) groups excluding carboxylic acids is 2. The van der Waals surface area contributed by atoms with E-state index >= 15 is 0 Å². The number of aromatic nitrogens is 2. The molecule has 0 aliphatic rings. The molecule has 0 fully saturated rings. The molecule has 1 atom stereocenters. The predicted octanol–water partition coefficient (Wildman–Crippen LogP) is 0.371. The van der Waals surface area contributed by atoms with Crippen molar-refractivity contribution in [3.05, 3.63) is 42.0 Å². The number of aliphatic hydroxyl groups excluding tert-OH is 1. The number of hydrogen-bond acceptors (Lipinski definition) is 6. The first kappa shape index (κ1) is 17.4. The second kappa shape index (κ2) is 7.55. The van der Waals surface area contributed by atoms with Crippen molar-refractivity contribution in [1.82, 2.24) is 15.1 Å². The lowest BCUT2D eigenvalue weighted by Gasteiger charge is -2.13. The van der Waals surface area contributed by atoms with E-state index in [1.54, 1.807) is 6.92 Å². The fourth-order valence-corrected chi connectivity index (χ4v) is 1.93. The quantitative estimate of drug-likeness (QED) is 0.656.